The fourth-order valence-corrected chi connectivity index (χ4v) is 3.04. The quantitative estimate of drug-likeness (QED) is 0.473. The highest BCUT2D eigenvalue weighted by Gasteiger charge is 2.16. The maximum atomic E-state index is 12.3. The molecule has 0 saturated carbocycles. The Morgan fingerprint density at radius 1 is 0.970 bits per heavy atom. The van der Waals surface area contributed by atoms with Gasteiger partial charge in [-0.05, 0) is 50.6 Å². The molecular weight excluding hydrogens is 469 g/mol. The van der Waals surface area contributed by atoms with Gasteiger partial charge in [0.05, 0.1) is 5.02 Å². The van der Waals surface area contributed by atoms with Crippen LogP contribution in [0.15, 0.2) is 42.5 Å². The van der Waals surface area contributed by atoms with Gasteiger partial charge in [0, 0.05) is 30.2 Å². The maximum absolute atomic E-state index is 12.3. The summed E-state index contributed by atoms with van der Waals surface area (Å²) < 4.78 is 10.5. The van der Waals surface area contributed by atoms with Gasteiger partial charge in [-0.25, -0.2) is 4.79 Å². The van der Waals surface area contributed by atoms with Crippen LogP contribution in [-0.2, 0) is 20.9 Å². The summed E-state index contributed by atoms with van der Waals surface area (Å²) in [6.45, 7) is 5.36. The largest absolute Gasteiger partial charge is 0.482 e. The number of rotatable bonds is 9. The van der Waals surface area contributed by atoms with Crippen LogP contribution in [0.5, 0.6) is 5.75 Å². The van der Waals surface area contributed by atoms with E-state index in [1.165, 1.54) is 6.07 Å². The molecule has 10 heteroatoms. The highest BCUT2D eigenvalue weighted by molar-refractivity contribution is 6.35. The summed E-state index contributed by atoms with van der Waals surface area (Å²) in [7, 11) is 0. The molecule has 0 radical (unpaired) electrons. The molecule has 0 spiro atoms. The van der Waals surface area contributed by atoms with E-state index in [1.807, 2.05) is 0 Å². The SMILES string of the molecule is CC(C)(C)OC(=O)NCCC(=O)Nc1ccccc1CNC(=O)COc1ccc(Cl)cc1Cl. The number of amides is 3. The number of benzene rings is 2. The second-order valence-electron chi connectivity index (χ2n) is 8.02. The zero-order valence-corrected chi connectivity index (χ0v) is 20.2. The molecular formula is C23H27Cl2N3O5. The highest BCUT2D eigenvalue weighted by atomic mass is 35.5. The van der Waals surface area contributed by atoms with Gasteiger partial charge in [-0.2, -0.15) is 0 Å². The van der Waals surface area contributed by atoms with Crippen molar-refractivity contribution in [3.05, 3.63) is 58.1 Å². The van der Waals surface area contributed by atoms with Crippen LogP contribution in [0.2, 0.25) is 10.0 Å². The minimum absolute atomic E-state index is 0.0651. The van der Waals surface area contributed by atoms with Crippen molar-refractivity contribution in [2.45, 2.75) is 39.3 Å². The van der Waals surface area contributed by atoms with Crippen LogP contribution in [0.4, 0.5) is 10.5 Å². The number of hydrogen-bond donors (Lipinski definition) is 3. The zero-order valence-electron chi connectivity index (χ0n) is 18.7. The van der Waals surface area contributed by atoms with Crippen LogP contribution in [0.25, 0.3) is 0 Å². The Balaban J connectivity index is 1.80. The van der Waals surface area contributed by atoms with E-state index in [1.54, 1.807) is 57.2 Å². The van der Waals surface area contributed by atoms with Crippen molar-refractivity contribution in [3.8, 4) is 5.75 Å². The van der Waals surface area contributed by atoms with E-state index < -0.39 is 11.7 Å². The van der Waals surface area contributed by atoms with Gasteiger partial charge in [0.15, 0.2) is 6.61 Å². The second kappa shape index (κ2) is 12.3. The van der Waals surface area contributed by atoms with Gasteiger partial charge in [-0.1, -0.05) is 41.4 Å². The average molecular weight is 496 g/mol. The monoisotopic (exact) mass is 495 g/mol. The van der Waals surface area contributed by atoms with Gasteiger partial charge in [-0.3, -0.25) is 9.59 Å². The molecule has 0 aliphatic heterocycles. The third-order valence-electron chi connectivity index (χ3n) is 4.04. The van der Waals surface area contributed by atoms with Crippen molar-refractivity contribution in [3.63, 3.8) is 0 Å². The van der Waals surface area contributed by atoms with E-state index in [0.29, 0.717) is 27.0 Å². The third-order valence-corrected chi connectivity index (χ3v) is 4.57. The second-order valence-corrected chi connectivity index (χ2v) is 8.87. The summed E-state index contributed by atoms with van der Waals surface area (Å²) >= 11 is 11.9. The number of halogens is 2. The van der Waals surface area contributed by atoms with Gasteiger partial charge in [0.25, 0.3) is 5.91 Å². The molecule has 0 aliphatic carbocycles. The molecule has 0 unspecified atom stereocenters. The lowest BCUT2D eigenvalue weighted by molar-refractivity contribution is -0.123. The van der Waals surface area contributed by atoms with Crippen molar-refractivity contribution in [1.82, 2.24) is 10.6 Å². The number of para-hydroxylation sites is 1. The maximum Gasteiger partial charge on any atom is 0.407 e. The summed E-state index contributed by atoms with van der Waals surface area (Å²) in [6, 6.07) is 11.8. The number of alkyl carbamates (subject to hydrolysis) is 1. The van der Waals surface area contributed by atoms with Gasteiger partial charge >= 0.3 is 6.09 Å². The molecule has 0 fully saturated rings. The summed E-state index contributed by atoms with van der Waals surface area (Å²) in [4.78, 5) is 36.1. The van der Waals surface area contributed by atoms with Crippen LogP contribution >= 0.6 is 23.2 Å². The Bertz CT molecular complexity index is 992. The molecule has 3 amide bonds. The van der Waals surface area contributed by atoms with Crippen molar-refractivity contribution < 1.29 is 23.9 Å². The number of hydrogen-bond acceptors (Lipinski definition) is 5. The van der Waals surface area contributed by atoms with E-state index in [0.717, 1.165) is 0 Å². The molecule has 0 saturated heterocycles. The predicted octanol–water partition coefficient (Wildman–Crippen LogP) is 4.54. The predicted molar refractivity (Wildman–Crippen MR) is 128 cm³/mol. The zero-order chi connectivity index (χ0) is 24.4. The molecule has 0 aromatic heterocycles. The smallest absolute Gasteiger partial charge is 0.407 e. The fourth-order valence-electron chi connectivity index (χ4n) is 2.58. The molecule has 0 atom stereocenters. The first kappa shape index (κ1) is 26.3. The summed E-state index contributed by atoms with van der Waals surface area (Å²) in [5.74, 6) is -0.293. The lowest BCUT2D eigenvalue weighted by atomic mass is 10.1. The van der Waals surface area contributed by atoms with Crippen LogP contribution in [-0.4, -0.2) is 36.7 Å². The molecule has 2 rings (SSSR count). The first-order valence-electron chi connectivity index (χ1n) is 10.2. The molecule has 2 aromatic carbocycles. The average Bonchev–Trinajstić information content (AvgIpc) is 2.71. The molecule has 2 aromatic rings. The molecule has 8 nitrogen and oxygen atoms in total. The van der Waals surface area contributed by atoms with Gasteiger partial charge < -0.3 is 25.4 Å². The van der Waals surface area contributed by atoms with E-state index in [2.05, 4.69) is 16.0 Å². The Kier molecular flexibility index (Phi) is 9.81. The Morgan fingerprint density at radius 3 is 2.39 bits per heavy atom. The fraction of sp³-hybridized carbons (Fsp3) is 0.348. The van der Waals surface area contributed by atoms with Crippen LogP contribution in [0, 0.1) is 0 Å². The van der Waals surface area contributed by atoms with Gasteiger partial charge in [0.1, 0.15) is 11.4 Å². The highest BCUT2D eigenvalue weighted by Crippen LogP contribution is 2.27. The Morgan fingerprint density at radius 2 is 1.70 bits per heavy atom. The number of ether oxygens (including phenoxy) is 2. The molecule has 0 aliphatic rings. The minimum atomic E-state index is -0.609. The molecule has 0 bridgehead atoms. The van der Waals surface area contributed by atoms with Gasteiger partial charge in [-0.15, -0.1) is 0 Å². The summed E-state index contributed by atoms with van der Waals surface area (Å²) in [5.41, 5.74) is 0.660. The lowest BCUT2D eigenvalue weighted by Crippen LogP contribution is -2.34. The van der Waals surface area contributed by atoms with Gasteiger partial charge in [0.2, 0.25) is 5.91 Å². The molecule has 178 valence electrons. The minimum Gasteiger partial charge on any atom is -0.482 e. The normalized spacial score (nSPS) is 10.8. The van der Waals surface area contributed by atoms with E-state index in [-0.39, 0.29) is 37.9 Å². The van der Waals surface area contributed by atoms with E-state index in [4.69, 9.17) is 32.7 Å². The molecule has 3 N–H and O–H groups in total. The van der Waals surface area contributed by atoms with Crippen LogP contribution in [0.1, 0.15) is 32.8 Å². The topological polar surface area (TPSA) is 106 Å². The number of nitrogens with one attached hydrogen (secondary N) is 3. The van der Waals surface area contributed by atoms with E-state index in [9.17, 15) is 14.4 Å². The van der Waals surface area contributed by atoms with Crippen molar-refractivity contribution in [2.75, 3.05) is 18.5 Å². The van der Waals surface area contributed by atoms with Crippen LogP contribution in [0.3, 0.4) is 0 Å². The first-order chi connectivity index (χ1) is 15.5. The first-order valence-corrected chi connectivity index (χ1v) is 11.0. The number of carbonyl (C=O) groups is 3. The lowest BCUT2D eigenvalue weighted by Gasteiger charge is -2.19. The summed E-state index contributed by atoms with van der Waals surface area (Å²) in [6.07, 6.45) is -0.518. The summed E-state index contributed by atoms with van der Waals surface area (Å²) in [5, 5.41) is 8.83. The number of carbonyl (C=O) groups excluding carboxylic acids is 3. The van der Waals surface area contributed by atoms with Crippen molar-refractivity contribution in [2.24, 2.45) is 0 Å². The molecule has 33 heavy (non-hydrogen) atoms. The Labute approximate surface area is 202 Å². The number of anilines is 1. The van der Waals surface area contributed by atoms with E-state index >= 15 is 0 Å². The van der Waals surface area contributed by atoms with Crippen molar-refractivity contribution in [1.29, 1.82) is 0 Å². The standard InChI is InChI=1S/C23H27Cl2N3O5/c1-23(2,3)33-22(31)26-11-10-20(29)28-18-7-5-4-6-15(18)13-27-21(30)14-32-19-9-8-16(24)12-17(19)25/h4-9,12H,10-11,13-14H2,1-3H3,(H,26,31)(H,27,30)(H,28,29). The third kappa shape index (κ3) is 10.0. The van der Waals surface area contributed by atoms with Crippen molar-refractivity contribution >= 4 is 46.8 Å². The Hall–Kier alpha value is -2.97. The van der Waals surface area contributed by atoms with Crippen LogP contribution < -0.4 is 20.7 Å². The molecule has 0 heterocycles.